The zero-order chi connectivity index (χ0) is 13.1. The third kappa shape index (κ3) is 3.19. The van der Waals surface area contributed by atoms with E-state index in [-0.39, 0.29) is 0 Å². The maximum absolute atomic E-state index is 5.82. The fraction of sp³-hybridized carbons (Fsp3) is 0.500. The first-order valence-corrected chi connectivity index (χ1v) is 7.59. The topological polar surface area (TPSA) is 63.6 Å². The lowest BCUT2D eigenvalue weighted by Crippen LogP contribution is -2.21. The number of aromatic nitrogens is 4. The molecule has 1 N–H and O–H groups in total. The van der Waals surface area contributed by atoms with Crippen molar-refractivity contribution >= 4 is 28.1 Å². The minimum Gasteiger partial charge on any atom is -0.357 e. The van der Waals surface area contributed by atoms with Gasteiger partial charge in [0.1, 0.15) is 10.8 Å². The smallest absolute Gasteiger partial charge is 0.206 e. The van der Waals surface area contributed by atoms with E-state index >= 15 is 0 Å². The standard InChI is InChI=1S/C12H14ClN5S/c13-10-7-14-6-9(16-10)11-17-18-12(19-11)15-8-4-2-1-3-5-8/h6-8H,1-5H2,(H,15,18). The van der Waals surface area contributed by atoms with Gasteiger partial charge in [-0.3, -0.25) is 4.98 Å². The van der Waals surface area contributed by atoms with Gasteiger partial charge in [0.2, 0.25) is 5.13 Å². The summed E-state index contributed by atoms with van der Waals surface area (Å²) in [5, 5.41) is 13.7. The first kappa shape index (κ1) is 12.7. The van der Waals surface area contributed by atoms with Crippen LogP contribution >= 0.6 is 22.9 Å². The van der Waals surface area contributed by atoms with Crippen LogP contribution in [0.4, 0.5) is 5.13 Å². The van der Waals surface area contributed by atoms with Crippen molar-refractivity contribution in [2.75, 3.05) is 5.32 Å². The van der Waals surface area contributed by atoms with Crippen molar-refractivity contribution < 1.29 is 0 Å². The van der Waals surface area contributed by atoms with E-state index in [2.05, 4.69) is 25.5 Å². The van der Waals surface area contributed by atoms with Gasteiger partial charge in [-0.2, -0.15) is 0 Å². The largest absolute Gasteiger partial charge is 0.357 e. The molecule has 0 amide bonds. The number of nitrogens with one attached hydrogen (secondary N) is 1. The fourth-order valence-electron chi connectivity index (χ4n) is 2.25. The van der Waals surface area contributed by atoms with Crippen molar-refractivity contribution in [3.05, 3.63) is 17.5 Å². The first-order valence-electron chi connectivity index (χ1n) is 6.39. The molecule has 0 atom stereocenters. The van der Waals surface area contributed by atoms with Gasteiger partial charge in [-0.1, -0.05) is 42.2 Å². The Morgan fingerprint density at radius 2 is 2.00 bits per heavy atom. The molecule has 0 aliphatic heterocycles. The molecule has 2 aromatic heterocycles. The lowest BCUT2D eigenvalue weighted by molar-refractivity contribution is 0.462. The second-order valence-corrected chi connectivity index (χ2v) is 5.98. The monoisotopic (exact) mass is 295 g/mol. The van der Waals surface area contributed by atoms with Crippen molar-refractivity contribution in [3.8, 4) is 10.7 Å². The average molecular weight is 296 g/mol. The Balaban J connectivity index is 1.72. The molecule has 0 aromatic carbocycles. The van der Waals surface area contributed by atoms with E-state index in [1.165, 1.54) is 49.6 Å². The summed E-state index contributed by atoms with van der Waals surface area (Å²) in [4.78, 5) is 8.20. The second kappa shape index (κ2) is 5.79. The van der Waals surface area contributed by atoms with Crippen LogP contribution in [0.15, 0.2) is 12.4 Å². The van der Waals surface area contributed by atoms with Gasteiger partial charge in [0.15, 0.2) is 5.01 Å². The number of hydrogen-bond donors (Lipinski definition) is 1. The Bertz CT molecular complexity index is 553. The van der Waals surface area contributed by atoms with Gasteiger partial charge in [0.05, 0.1) is 12.4 Å². The summed E-state index contributed by atoms with van der Waals surface area (Å²) in [7, 11) is 0. The van der Waals surface area contributed by atoms with Crippen molar-refractivity contribution in [1.29, 1.82) is 0 Å². The normalized spacial score (nSPS) is 16.5. The Hall–Kier alpha value is -1.27. The van der Waals surface area contributed by atoms with Crippen LogP contribution in [-0.2, 0) is 0 Å². The van der Waals surface area contributed by atoms with Crippen LogP contribution in [0.3, 0.4) is 0 Å². The molecule has 0 unspecified atom stereocenters. The van der Waals surface area contributed by atoms with Crippen molar-refractivity contribution in [3.63, 3.8) is 0 Å². The summed E-state index contributed by atoms with van der Waals surface area (Å²) in [6.45, 7) is 0. The van der Waals surface area contributed by atoms with Crippen LogP contribution < -0.4 is 5.32 Å². The van der Waals surface area contributed by atoms with E-state index in [1.54, 1.807) is 6.20 Å². The quantitative estimate of drug-likeness (QED) is 0.940. The highest BCUT2D eigenvalue weighted by Crippen LogP contribution is 2.27. The summed E-state index contributed by atoms with van der Waals surface area (Å²) in [6, 6.07) is 0.528. The summed E-state index contributed by atoms with van der Waals surface area (Å²) >= 11 is 7.32. The summed E-state index contributed by atoms with van der Waals surface area (Å²) < 4.78 is 0. The van der Waals surface area contributed by atoms with Crippen molar-refractivity contribution in [1.82, 2.24) is 20.2 Å². The molecular weight excluding hydrogens is 282 g/mol. The lowest BCUT2D eigenvalue weighted by Gasteiger charge is -2.21. The molecule has 100 valence electrons. The third-order valence-corrected chi connectivity index (χ3v) is 4.24. The Morgan fingerprint density at radius 1 is 1.16 bits per heavy atom. The molecule has 7 heteroatoms. The molecule has 19 heavy (non-hydrogen) atoms. The molecule has 0 radical (unpaired) electrons. The summed E-state index contributed by atoms with van der Waals surface area (Å²) in [5.74, 6) is 0. The molecule has 1 aliphatic rings. The Labute approximate surface area is 120 Å². The van der Waals surface area contributed by atoms with E-state index in [1.807, 2.05) is 0 Å². The van der Waals surface area contributed by atoms with Crippen molar-refractivity contribution in [2.45, 2.75) is 38.1 Å². The van der Waals surface area contributed by atoms with E-state index < -0.39 is 0 Å². The predicted octanol–water partition coefficient (Wildman–Crippen LogP) is 3.39. The van der Waals surface area contributed by atoms with Gasteiger partial charge in [-0.15, -0.1) is 10.2 Å². The average Bonchev–Trinajstić information content (AvgIpc) is 2.88. The van der Waals surface area contributed by atoms with E-state index in [4.69, 9.17) is 11.6 Å². The van der Waals surface area contributed by atoms with Gasteiger partial charge in [0, 0.05) is 6.04 Å². The zero-order valence-corrected chi connectivity index (χ0v) is 11.9. The van der Waals surface area contributed by atoms with Crippen LogP contribution in [0.5, 0.6) is 0 Å². The van der Waals surface area contributed by atoms with E-state index in [9.17, 15) is 0 Å². The molecule has 0 bridgehead atoms. The zero-order valence-electron chi connectivity index (χ0n) is 10.3. The molecule has 2 aromatic rings. The number of anilines is 1. The maximum atomic E-state index is 5.82. The van der Waals surface area contributed by atoms with Gasteiger partial charge < -0.3 is 5.32 Å². The predicted molar refractivity (Wildman–Crippen MR) is 76.4 cm³/mol. The van der Waals surface area contributed by atoms with Crippen LogP contribution in [0.25, 0.3) is 10.7 Å². The first-order chi connectivity index (χ1) is 9.31. The molecule has 3 rings (SSSR count). The number of halogens is 1. The molecular formula is C12H14ClN5S. The molecule has 2 heterocycles. The molecule has 5 nitrogen and oxygen atoms in total. The van der Waals surface area contributed by atoms with Crippen LogP contribution in [0.1, 0.15) is 32.1 Å². The SMILES string of the molecule is Clc1cncc(-c2nnc(NC3CCCCC3)s2)n1. The van der Waals surface area contributed by atoms with Crippen LogP contribution in [-0.4, -0.2) is 26.2 Å². The highest BCUT2D eigenvalue weighted by Gasteiger charge is 2.16. The summed E-state index contributed by atoms with van der Waals surface area (Å²) in [6.07, 6.45) is 9.52. The lowest BCUT2D eigenvalue weighted by atomic mass is 9.96. The Morgan fingerprint density at radius 3 is 2.79 bits per heavy atom. The van der Waals surface area contributed by atoms with E-state index in [0.29, 0.717) is 16.9 Å². The highest BCUT2D eigenvalue weighted by atomic mass is 35.5. The van der Waals surface area contributed by atoms with Gasteiger partial charge in [-0.25, -0.2) is 4.98 Å². The molecule has 1 aliphatic carbocycles. The molecule has 1 fully saturated rings. The second-order valence-electron chi connectivity index (χ2n) is 4.62. The molecule has 0 spiro atoms. The highest BCUT2D eigenvalue weighted by molar-refractivity contribution is 7.18. The van der Waals surface area contributed by atoms with Gasteiger partial charge in [0.25, 0.3) is 0 Å². The van der Waals surface area contributed by atoms with Crippen molar-refractivity contribution in [2.24, 2.45) is 0 Å². The minimum absolute atomic E-state index is 0.370. The summed E-state index contributed by atoms with van der Waals surface area (Å²) in [5.41, 5.74) is 0.668. The number of hydrogen-bond acceptors (Lipinski definition) is 6. The molecule has 1 saturated carbocycles. The molecule has 0 saturated heterocycles. The van der Waals surface area contributed by atoms with Crippen LogP contribution in [0.2, 0.25) is 5.15 Å². The third-order valence-electron chi connectivity index (χ3n) is 3.18. The minimum atomic E-state index is 0.370. The number of rotatable bonds is 3. The number of nitrogens with zero attached hydrogens (tertiary/aromatic N) is 4. The Kier molecular flexibility index (Phi) is 3.89. The fourth-order valence-corrected chi connectivity index (χ4v) is 3.17. The maximum Gasteiger partial charge on any atom is 0.206 e. The van der Waals surface area contributed by atoms with Crippen LogP contribution in [0, 0.1) is 0 Å². The van der Waals surface area contributed by atoms with E-state index in [0.717, 1.165) is 10.1 Å². The van der Waals surface area contributed by atoms with Gasteiger partial charge in [-0.05, 0) is 12.8 Å². The van der Waals surface area contributed by atoms with Gasteiger partial charge >= 0.3 is 0 Å².